The summed E-state index contributed by atoms with van der Waals surface area (Å²) in [7, 11) is 0. The second kappa shape index (κ2) is 7.64. The molecule has 2 aromatic rings. The SMILES string of the molecule is CCOC(=O)N1CCC(NC(=O)Cn2ncc3ccsc3c2=O)CC1. The predicted octanol–water partition coefficient (Wildman–Crippen LogP) is 1.20. The molecule has 1 aliphatic rings. The Labute approximate surface area is 148 Å². The minimum Gasteiger partial charge on any atom is -0.450 e. The number of ether oxygens (including phenoxy) is 1. The summed E-state index contributed by atoms with van der Waals surface area (Å²) in [5.74, 6) is -0.250. The average molecular weight is 364 g/mol. The third-order valence-corrected chi connectivity index (χ3v) is 5.06. The van der Waals surface area contributed by atoms with Crippen LogP contribution in [0.5, 0.6) is 0 Å². The number of nitrogens with one attached hydrogen (secondary N) is 1. The highest BCUT2D eigenvalue weighted by Gasteiger charge is 2.24. The number of carbonyl (C=O) groups excluding carboxylic acids is 2. The number of hydrogen-bond donors (Lipinski definition) is 1. The van der Waals surface area contributed by atoms with Crippen molar-refractivity contribution in [2.75, 3.05) is 19.7 Å². The Morgan fingerprint density at radius 1 is 1.40 bits per heavy atom. The number of rotatable bonds is 4. The van der Waals surface area contributed by atoms with Crippen LogP contribution in [0.2, 0.25) is 0 Å². The summed E-state index contributed by atoms with van der Waals surface area (Å²) in [6, 6.07) is 1.82. The van der Waals surface area contributed by atoms with Crippen molar-refractivity contribution in [2.45, 2.75) is 32.4 Å². The average Bonchev–Trinajstić information content (AvgIpc) is 3.08. The molecule has 0 unspecified atom stereocenters. The molecule has 1 fully saturated rings. The van der Waals surface area contributed by atoms with Gasteiger partial charge in [-0.25, -0.2) is 9.48 Å². The van der Waals surface area contributed by atoms with Crippen molar-refractivity contribution < 1.29 is 14.3 Å². The summed E-state index contributed by atoms with van der Waals surface area (Å²) >= 11 is 1.34. The number of aromatic nitrogens is 2. The number of nitrogens with zero attached hydrogens (tertiary/aromatic N) is 3. The van der Waals surface area contributed by atoms with Crippen LogP contribution >= 0.6 is 11.3 Å². The summed E-state index contributed by atoms with van der Waals surface area (Å²) in [6.07, 6.45) is 2.61. The molecule has 0 aliphatic carbocycles. The largest absolute Gasteiger partial charge is 0.450 e. The van der Waals surface area contributed by atoms with Crippen LogP contribution in [0.15, 0.2) is 22.4 Å². The van der Waals surface area contributed by atoms with E-state index in [9.17, 15) is 14.4 Å². The minimum absolute atomic E-state index is 0.0145. The van der Waals surface area contributed by atoms with E-state index in [-0.39, 0.29) is 30.1 Å². The zero-order chi connectivity index (χ0) is 17.8. The first-order valence-electron chi connectivity index (χ1n) is 8.23. The highest BCUT2D eigenvalue weighted by atomic mass is 32.1. The normalized spacial score (nSPS) is 15.3. The maximum Gasteiger partial charge on any atom is 0.409 e. The Balaban J connectivity index is 1.54. The van der Waals surface area contributed by atoms with Crippen molar-refractivity contribution in [3.63, 3.8) is 0 Å². The summed E-state index contributed by atoms with van der Waals surface area (Å²) in [5, 5.41) is 9.58. The van der Waals surface area contributed by atoms with E-state index in [0.717, 1.165) is 5.39 Å². The van der Waals surface area contributed by atoms with Gasteiger partial charge in [-0.2, -0.15) is 5.10 Å². The van der Waals surface area contributed by atoms with Gasteiger partial charge in [0.05, 0.1) is 12.8 Å². The first kappa shape index (κ1) is 17.4. The van der Waals surface area contributed by atoms with Crippen LogP contribution in [0.25, 0.3) is 10.1 Å². The number of fused-ring (bicyclic) bond motifs is 1. The molecule has 1 saturated heterocycles. The summed E-state index contributed by atoms with van der Waals surface area (Å²) in [5.41, 5.74) is -0.250. The van der Waals surface area contributed by atoms with Crippen LogP contribution < -0.4 is 10.9 Å². The summed E-state index contributed by atoms with van der Waals surface area (Å²) in [4.78, 5) is 37.8. The highest BCUT2D eigenvalue weighted by molar-refractivity contribution is 7.17. The molecular weight excluding hydrogens is 344 g/mol. The van der Waals surface area contributed by atoms with Crippen LogP contribution in [0.1, 0.15) is 19.8 Å². The Kier molecular flexibility index (Phi) is 5.32. The highest BCUT2D eigenvalue weighted by Crippen LogP contribution is 2.15. The van der Waals surface area contributed by atoms with Crippen molar-refractivity contribution in [3.05, 3.63) is 28.0 Å². The molecule has 1 aliphatic heterocycles. The molecule has 3 rings (SSSR count). The van der Waals surface area contributed by atoms with Gasteiger partial charge in [-0.05, 0) is 31.2 Å². The summed E-state index contributed by atoms with van der Waals surface area (Å²) in [6.45, 7) is 3.11. The molecule has 1 N–H and O–H groups in total. The van der Waals surface area contributed by atoms with Crippen LogP contribution in [-0.2, 0) is 16.1 Å². The number of likely N-dealkylation sites (tertiary alicyclic amines) is 1. The number of carbonyl (C=O) groups is 2. The van der Waals surface area contributed by atoms with Gasteiger partial charge in [-0.3, -0.25) is 9.59 Å². The Hall–Kier alpha value is -2.42. The van der Waals surface area contributed by atoms with Gasteiger partial charge in [0.25, 0.3) is 5.56 Å². The molecular formula is C16H20N4O4S. The zero-order valence-electron chi connectivity index (χ0n) is 13.9. The lowest BCUT2D eigenvalue weighted by Crippen LogP contribution is -2.47. The molecule has 0 radical (unpaired) electrons. The zero-order valence-corrected chi connectivity index (χ0v) is 14.8. The van der Waals surface area contributed by atoms with E-state index in [2.05, 4.69) is 10.4 Å². The van der Waals surface area contributed by atoms with E-state index in [4.69, 9.17) is 4.74 Å². The van der Waals surface area contributed by atoms with E-state index >= 15 is 0 Å². The fourth-order valence-corrected chi connectivity index (χ4v) is 3.65. The lowest BCUT2D eigenvalue weighted by atomic mass is 10.1. The molecule has 0 bridgehead atoms. The lowest BCUT2D eigenvalue weighted by molar-refractivity contribution is -0.122. The summed E-state index contributed by atoms with van der Waals surface area (Å²) < 4.78 is 6.76. The fraction of sp³-hybridized carbons (Fsp3) is 0.500. The molecule has 0 aromatic carbocycles. The topological polar surface area (TPSA) is 93.5 Å². The molecule has 134 valence electrons. The van der Waals surface area contributed by atoms with Gasteiger partial charge in [0.2, 0.25) is 5.91 Å². The molecule has 8 nitrogen and oxygen atoms in total. The van der Waals surface area contributed by atoms with E-state index in [0.29, 0.717) is 37.2 Å². The molecule has 2 aromatic heterocycles. The van der Waals surface area contributed by atoms with Crippen LogP contribution in [0.4, 0.5) is 4.79 Å². The Bertz CT molecular complexity index is 823. The standard InChI is InChI=1S/C16H20N4O4S/c1-2-24-16(23)19-6-3-12(4-7-19)18-13(21)10-20-15(22)14-11(9-17-20)5-8-25-14/h5,8-9,12H,2-4,6-7,10H2,1H3,(H,18,21). The van der Waals surface area contributed by atoms with E-state index < -0.39 is 0 Å². The van der Waals surface area contributed by atoms with Crippen LogP contribution in [0.3, 0.4) is 0 Å². The molecule has 0 spiro atoms. The maximum absolute atomic E-state index is 12.3. The van der Waals surface area contributed by atoms with Crippen molar-refractivity contribution in [2.24, 2.45) is 0 Å². The maximum atomic E-state index is 12.3. The quantitative estimate of drug-likeness (QED) is 0.880. The van der Waals surface area contributed by atoms with Gasteiger partial charge in [0.15, 0.2) is 0 Å². The minimum atomic E-state index is -0.313. The Morgan fingerprint density at radius 2 is 2.16 bits per heavy atom. The molecule has 25 heavy (non-hydrogen) atoms. The fourth-order valence-electron chi connectivity index (χ4n) is 2.84. The Morgan fingerprint density at radius 3 is 2.88 bits per heavy atom. The second-order valence-electron chi connectivity index (χ2n) is 5.84. The van der Waals surface area contributed by atoms with E-state index in [1.54, 1.807) is 18.0 Å². The van der Waals surface area contributed by atoms with Crippen molar-refractivity contribution in [3.8, 4) is 0 Å². The second-order valence-corrected chi connectivity index (χ2v) is 6.76. The van der Waals surface area contributed by atoms with Gasteiger partial charge in [0, 0.05) is 24.5 Å². The molecule has 2 amide bonds. The third kappa shape index (κ3) is 3.98. The smallest absolute Gasteiger partial charge is 0.409 e. The lowest BCUT2D eigenvalue weighted by Gasteiger charge is -2.31. The first-order valence-corrected chi connectivity index (χ1v) is 9.11. The van der Waals surface area contributed by atoms with Crippen LogP contribution in [0, 0.1) is 0 Å². The van der Waals surface area contributed by atoms with Crippen molar-refractivity contribution in [1.82, 2.24) is 20.0 Å². The van der Waals surface area contributed by atoms with Gasteiger partial charge < -0.3 is 15.0 Å². The first-order chi connectivity index (χ1) is 12.1. The number of hydrogen-bond acceptors (Lipinski definition) is 6. The number of piperidine rings is 1. The van der Waals surface area contributed by atoms with Crippen LogP contribution in [-0.4, -0.2) is 52.4 Å². The van der Waals surface area contributed by atoms with Gasteiger partial charge in [-0.1, -0.05) is 0 Å². The number of amides is 2. The number of thiophene rings is 1. The monoisotopic (exact) mass is 364 g/mol. The third-order valence-electron chi connectivity index (χ3n) is 4.14. The molecule has 0 saturated carbocycles. The van der Waals surface area contributed by atoms with Gasteiger partial charge in [0.1, 0.15) is 11.2 Å². The van der Waals surface area contributed by atoms with E-state index in [1.807, 2.05) is 11.4 Å². The molecule has 9 heteroatoms. The molecule has 3 heterocycles. The van der Waals surface area contributed by atoms with Gasteiger partial charge in [-0.15, -0.1) is 11.3 Å². The predicted molar refractivity (Wildman–Crippen MR) is 93.6 cm³/mol. The van der Waals surface area contributed by atoms with Crippen molar-refractivity contribution in [1.29, 1.82) is 0 Å². The van der Waals surface area contributed by atoms with E-state index in [1.165, 1.54) is 16.0 Å². The van der Waals surface area contributed by atoms with Gasteiger partial charge >= 0.3 is 6.09 Å². The van der Waals surface area contributed by atoms with Crippen molar-refractivity contribution >= 4 is 33.4 Å². The molecule has 0 atom stereocenters.